The molecular formula is C10H5F2N3O4. The largest absolute Gasteiger partial charge is 0.436 e. The van der Waals surface area contributed by atoms with Crippen molar-refractivity contribution in [2.45, 2.75) is 6.43 Å². The van der Waals surface area contributed by atoms with Crippen LogP contribution in [0.15, 0.2) is 29.4 Å². The maximum absolute atomic E-state index is 12.2. The third-order valence-electron chi connectivity index (χ3n) is 1.92. The molecule has 0 atom stereocenters. The van der Waals surface area contributed by atoms with E-state index in [1.54, 1.807) is 0 Å². The zero-order valence-corrected chi connectivity index (χ0v) is 9.12. The van der Waals surface area contributed by atoms with E-state index >= 15 is 0 Å². The lowest BCUT2D eigenvalue weighted by Crippen LogP contribution is -2.14. The Bertz CT molecular complexity index is 583. The Labute approximate surface area is 104 Å². The third kappa shape index (κ3) is 2.94. The van der Waals surface area contributed by atoms with Gasteiger partial charge in [-0.25, -0.2) is 28.3 Å². The molecule has 2 heterocycles. The quantitative estimate of drug-likeness (QED) is 0.613. The number of aromatic nitrogens is 3. The predicted octanol–water partition coefficient (Wildman–Crippen LogP) is 1.40. The second-order valence-corrected chi connectivity index (χ2v) is 3.17. The second kappa shape index (κ2) is 5.29. The topological polar surface area (TPSA) is 95.2 Å². The Morgan fingerprint density at radius 2 is 1.95 bits per heavy atom. The lowest BCUT2D eigenvalue weighted by molar-refractivity contribution is 0.0370. The molecule has 0 aliphatic carbocycles. The molecule has 0 radical (unpaired) electrons. The maximum Gasteiger partial charge on any atom is 0.383 e. The first-order chi connectivity index (χ1) is 9.08. The highest BCUT2D eigenvalue weighted by Crippen LogP contribution is 2.14. The first-order valence-electron chi connectivity index (χ1n) is 4.83. The monoisotopic (exact) mass is 269 g/mol. The summed E-state index contributed by atoms with van der Waals surface area (Å²) >= 11 is 0. The molecule has 2 aromatic rings. The van der Waals surface area contributed by atoms with Crippen molar-refractivity contribution in [3.63, 3.8) is 0 Å². The maximum atomic E-state index is 12.2. The lowest BCUT2D eigenvalue weighted by Gasteiger charge is -2.01. The number of alkyl halides is 2. The number of hydrogen-bond donors (Lipinski definition) is 0. The summed E-state index contributed by atoms with van der Waals surface area (Å²) in [7, 11) is 0. The van der Waals surface area contributed by atoms with E-state index in [1.165, 1.54) is 0 Å². The van der Waals surface area contributed by atoms with Crippen LogP contribution in [-0.2, 0) is 4.74 Å². The molecular weight excluding hydrogens is 264 g/mol. The van der Waals surface area contributed by atoms with Gasteiger partial charge in [-0.3, -0.25) is 4.98 Å². The number of hydrogen-bond acceptors (Lipinski definition) is 7. The van der Waals surface area contributed by atoms with E-state index in [4.69, 9.17) is 0 Å². The minimum absolute atomic E-state index is 0.273. The van der Waals surface area contributed by atoms with Crippen molar-refractivity contribution in [1.82, 2.24) is 15.0 Å². The fourth-order valence-corrected chi connectivity index (χ4v) is 1.06. The molecule has 0 aliphatic heterocycles. The van der Waals surface area contributed by atoms with Crippen LogP contribution in [0.1, 0.15) is 33.2 Å². The van der Waals surface area contributed by atoms with Gasteiger partial charge in [0.2, 0.25) is 5.76 Å². The molecule has 0 spiro atoms. The summed E-state index contributed by atoms with van der Waals surface area (Å²) in [6, 6.07) is 0. The third-order valence-corrected chi connectivity index (χ3v) is 1.92. The normalized spacial score (nSPS) is 10.5. The second-order valence-electron chi connectivity index (χ2n) is 3.17. The van der Waals surface area contributed by atoms with Crippen molar-refractivity contribution in [2.75, 3.05) is 0 Å². The molecule has 0 saturated carbocycles. The summed E-state index contributed by atoms with van der Waals surface area (Å²) in [6.07, 6.45) is 0.755. The predicted molar refractivity (Wildman–Crippen MR) is 53.2 cm³/mol. The van der Waals surface area contributed by atoms with Crippen molar-refractivity contribution in [2.24, 2.45) is 0 Å². The summed E-state index contributed by atoms with van der Waals surface area (Å²) in [4.78, 5) is 32.9. The minimum atomic E-state index is -2.80. The summed E-state index contributed by atoms with van der Waals surface area (Å²) < 4.78 is 33.4. The van der Waals surface area contributed by atoms with Crippen LogP contribution < -0.4 is 0 Å². The number of carbonyl (C=O) groups excluding carboxylic acids is 2. The van der Waals surface area contributed by atoms with E-state index in [-0.39, 0.29) is 11.5 Å². The first kappa shape index (κ1) is 12.7. The van der Waals surface area contributed by atoms with Crippen LogP contribution in [0.3, 0.4) is 0 Å². The molecule has 2 rings (SSSR count). The molecule has 0 N–H and O–H groups in total. The van der Waals surface area contributed by atoms with Gasteiger partial charge >= 0.3 is 11.9 Å². The fraction of sp³-hybridized carbons (Fsp3) is 0.100. The van der Waals surface area contributed by atoms with Crippen LogP contribution in [0.4, 0.5) is 8.78 Å². The van der Waals surface area contributed by atoms with Gasteiger partial charge in [-0.05, 0) is 0 Å². The Balaban J connectivity index is 2.06. The van der Waals surface area contributed by atoms with Gasteiger partial charge in [-0.15, -0.1) is 0 Å². The molecule has 0 aliphatic rings. The molecule has 19 heavy (non-hydrogen) atoms. The Kier molecular flexibility index (Phi) is 3.55. The molecule has 0 amide bonds. The zero-order chi connectivity index (χ0) is 13.8. The van der Waals surface area contributed by atoms with Crippen LogP contribution in [0, 0.1) is 0 Å². The van der Waals surface area contributed by atoms with E-state index in [2.05, 4.69) is 24.1 Å². The highest BCUT2D eigenvalue weighted by Gasteiger charge is 2.19. The van der Waals surface area contributed by atoms with Crippen molar-refractivity contribution < 1.29 is 27.5 Å². The average molecular weight is 269 g/mol. The lowest BCUT2D eigenvalue weighted by atomic mass is 10.4. The van der Waals surface area contributed by atoms with Crippen LogP contribution >= 0.6 is 0 Å². The van der Waals surface area contributed by atoms with Crippen molar-refractivity contribution in [3.05, 3.63) is 42.1 Å². The van der Waals surface area contributed by atoms with Gasteiger partial charge in [0.25, 0.3) is 6.43 Å². The van der Waals surface area contributed by atoms with Gasteiger partial charge in [-0.2, -0.15) is 0 Å². The zero-order valence-electron chi connectivity index (χ0n) is 9.12. The van der Waals surface area contributed by atoms with Crippen molar-refractivity contribution in [3.8, 4) is 0 Å². The SMILES string of the molecule is O=C(OC(=O)c1cnco1)c1cnc(C(F)F)cn1. The average Bonchev–Trinajstić information content (AvgIpc) is 2.92. The van der Waals surface area contributed by atoms with Gasteiger partial charge in [0.05, 0.1) is 18.6 Å². The minimum Gasteiger partial charge on any atom is -0.436 e. The Hall–Kier alpha value is -2.71. The molecule has 7 nitrogen and oxygen atoms in total. The number of esters is 2. The number of ether oxygens (including phenoxy) is 1. The molecule has 9 heteroatoms. The van der Waals surface area contributed by atoms with Gasteiger partial charge in [0.15, 0.2) is 12.1 Å². The molecule has 0 bridgehead atoms. The van der Waals surface area contributed by atoms with Crippen molar-refractivity contribution in [1.29, 1.82) is 0 Å². The standard InChI is InChI=1S/C10H5F2N3O4/c11-8(12)5-1-15-6(2-14-5)9(16)19-10(17)7-3-13-4-18-7/h1-4,8H. The summed E-state index contributed by atoms with van der Waals surface area (Å²) in [5.41, 5.74) is -0.963. The summed E-state index contributed by atoms with van der Waals surface area (Å²) in [5, 5.41) is 0. The Morgan fingerprint density at radius 3 is 2.47 bits per heavy atom. The molecule has 0 unspecified atom stereocenters. The summed E-state index contributed by atoms with van der Waals surface area (Å²) in [5.74, 6) is -2.47. The number of carbonyl (C=O) groups is 2. The molecule has 0 aromatic carbocycles. The van der Waals surface area contributed by atoms with Crippen LogP contribution in [-0.4, -0.2) is 26.9 Å². The van der Waals surface area contributed by atoms with E-state index in [9.17, 15) is 18.4 Å². The van der Waals surface area contributed by atoms with E-state index < -0.39 is 24.1 Å². The van der Waals surface area contributed by atoms with Gasteiger partial charge in [0.1, 0.15) is 5.69 Å². The molecule has 0 fully saturated rings. The highest BCUT2D eigenvalue weighted by molar-refractivity contribution is 6.00. The van der Waals surface area contributed by atoms with E-state index in [0.29, 0.717) is 0 Å². The van der Waals surface area contributed by atoms with E-state index in [0.717, 1.165) is 25.0 Å². The van der Waals surface area contributed by atoms with Gasteiger partial charge in [-0.1, -0.05) is 0 Å². The Morgan fingerprint density at radius 1 is 1.16 bits per heavy atom. The fourth-order valence-electron chi connectivity index (χ4n) is 1.06. The highest BCUT2D eigenvalue weighted by atomic mass is 19.3. The summed E-state index contributed by atoms with van der Waals surface area (Å²) in [6.45, 7) is 0. The smallest absolute Gasteiger partial charge is 0.383 e. The first-order valence-corrected chi connectivity index (χ1v) is 4.83. The van der Waals surface area contributed by atoms with Crippen LogP contribution in [0.5, 0.6) is 0 Å². The van der Waals surface area contributed by atoms with Gasteiger partial charge in [0, 0.05) is 0 Å². The van der Waals surface area contributed by atoms with Gasteiger partial charge < -0.3 is 9.15 Å². The number of nitrogens with zero attached hydrogens (tertiary/aromatic N) is 3. The number of halogens is 2. The molecule has 2 aromatic heterocycles. The molecule has 98 valence electrons. The van der Waals surface area contributed by atoms with Crippen LogP contribution in [0.25, 0.3) is 0 Å². The number of oxazole rings is 1. The van der Waals surface area contributed by atoms with Crippen LogP contribution in [0.2, 0.25) is 0 Å². The van der Waals surface area contributed by atoms with Crippen molar-refractivity contribution >= 4 is 11.9 Å². The number of rotatable bonds is 3. The van der Waals surface area contributed by atoms with E-state index in [1.807, 2.05) is 0 Å². The molecule has 0 saturated heterocycles.